The van der Waals surface area contributed by atoms with E-state index >= 15 is 0 Å². The number of nitriles is 2. The molecule has 7 aromatic carbocycles. The number of hydrogen-bond donors (Lipinski definition) is 0. The van der Waals surface area contributed by atoms with Crippen LogP contribution in [-0.4, -0.2) is 9.13 Å². The van der Waals surface area contributed by atoms with Crippen molar-refractivity contribution in [1.29, 1.82) is 10.5 Å². The highest BCUT2D eigenvalue weighted by atomic mass is 16.3. The molecule has 4 aromatic heterocycles. The van der Waals surface area contributed by atoms with E-state index in [2.05, 4.69) is 113 Å². The Hall–Kier alpha value is -7.80. The fraction of sp³-hybridized carbons (Fsp3) is 0.0588. The summed E-state index contributed by atoms with van der Waals surface area (Å²) in [5, 5.41) is 30.2. The molecule has 0 saturated heterocycles. The zero-order valence-corrected chi connectivity index (χ0v) is 30.7. The highest BCUT2D eigenvalue weighted by molar-refractivity contribution is 6.25. The maximum atomic E-state index is 11.1. The van der Waals surface area contributed by atoms with Crippen molar-refractivity contribution in [3.8, 4) is 17.8 Å². The van der Waals surface area contributed by atoms with Gasteiger partial charge in [0.05, 0.1) is 61.3 Å². The Morgan fingerprint density at radius 3 is 1.79 bits per heavy atom. The quantitative estimate of drug-likeness (QED) is 0.181. The zero-order chi connectivity index (χ0) is 38.0. The molecule has 0 saturated carbocycles. The normalized spacial score (nSPS) is 16.0. The summed E-state index contributed by atoms with van der Waals surface area (Å²) < 4.78 is 17.7. The maximum Gasteiger partial charge on any atom is 0.145 e. The largest absolute Gasteiger partial charge is 0.455 e. The van der Waals surface area contributed by atoms with Gasteiger partial charge in [-0.15, -0.1) is 0 Å². The minimum atomic E-state index is -0.716. The first-order valence-corrected chi connectivity index (χ1v) is 19.1. The van der Waals surface area contributed by atoms with Gasteiger partial charge in [0, 0.05) is 37.9 Å². The van der Waals surface area contributed by atoms with Crippen molar-refractivity contribution in [2.24, 2.45) is 0 Å². The van der Waals surface area contributed by atoms with Gasteiger partial charge in [-0.25, -0.2) is 0 Å². The number of para-hydroxylation sites is 5. The molecular formula is C51H30N4O2. The van der Waals surface area contributed by atoms with Crippen LogP contribution in [0.25, 0.3) is 98.7 Å². The molecule has 1 aliphatic rings. The van der Waals surface area contributed by atoms with Gasteiger partial charge in [0.1, 0.15) is 28.4 Å². The first-order chi connectivity index (χ1) is 28.1. The Morgan fingerprint density at radius 1 is 0.544 bits per heavy atom. The maximum absolute atomic E-state index is 11.1. The van der Waals surface area contributed by atoms with E-state index in [1.807, 2.05) is 66.7 Å². The van der Waals surface area contributed by atoms with Crippen molar-refractivity contribution < 1.29 is 8.83 Å². The average molecular weight is 731 g/mol. The summed E-state index contributed by atoms with van der Waals surface area (Å²) in [6.07, 6.45) is 4.80. The Bertz CT molecular complexity index is 3720. The van der Waals surface area contributed by atoms with Crippen LogP contribution in [0.2, 0.25) is 0 Å². The minimum Gasteiger partial charge on any atom is -0.455 e. The van der Waals surface area contributed by atoms with Crippen LogP contribution in [0.1, 0.15) is 24.5 Å². The van der Waals surface area contributed by atoms with Crippen LogP contribution in [0.3, 0.4) is 0 Å². The van der Waals surface area contributed by atoms with E-state index in [9.17, 15) is 10.5 Å². The fourth-order valence-corrected chi connectivity index (χ4v) is 9.69. The molecule has 0 aliphatic heterocycles. The molecule has 6 heteroatoms. The van der Waals surface area contributed by atoms with Gasteiger partial charge >= 0.3 is 0 Å². The highest BCUT2D eigenvalue weighted by Crippen LogP contribution is 2.48. The van der Waals surface area contributed by atoms with Gasteiger partial charge in [-0.05, 0) is 79.6 Å². The van der Waals surface area contributed by atoms with Gasteiger partial charge in [-0.3, -0.25) is 0 Å². The number of furan rings is 2. The molecule has 266 valence electrons. The molecule has 0 fully saturated rings. The van der Waals surface area contributed by atoms with Crippen molar-refractivity contribution in [3.63, 3.8) is 0 Å². The lowest BCUT2D eigenvalue weighted by Gasteiger charge is -2.35. The lowest BCUT2D eigenvalue weighted by atomic mass is 9.80. The van der Waals surface area contributed by atoms with Crippen molar-refractivity contribution in [2.75, 3.05) is 0 Å². The van der Waals surface area contributed by atoms with Crippen LogP contribution in [-0.2, 0) is 5.54 Å². The van der Waals surface area contributed by atoms with Gasteiger partial charge in [0.25, 0.3) is 0 Å². The predicted molar refractivity (Wildman–Crippen MR) is 229 cm³/mol. The Morgan fingerprint density at radius 2 is 1.12 bits per heavy atom. The molecule has 6 nitrogen and oxygen atoms in total. The minimum absolute atomic E-state index is 0.540. The number of hydrogen-bond acceptors (Lipinski definition) is 4. The Kier molecular flexibility index (Phi) is 6.29. The molecule has 4 heterocycles. The molecule has 12 rings (SSSR count). The van der Waals surface area contributed by atoms with Crippen LogP contribution >= 0.6 is 0 Å². The molecule has 0 radical (unpaired) electrons. The first kappa shape index (κ1) is 31.5. The lowest BCUT2D eigenvalue weighted by molar-refractivity contribution is 0.420. The monoisotopic (exact) mass is 730 g/mol. The molecular weight excluding hydrogens is 701 g/mol. The molecule has 1 atom stereocenters. The third-order valence-corrected chi connectivity index (χ3v) is 12.3. The molecule has 11 aromatic rings. The number of benzene rings is 7. The van der Waals surface area contributed by atoms with Gasteiger partial charge < -0.3 is 18.0 Å². The van der Waals surface area contributed by atoms with Gasteiger partial charge in [-0.2, -0.15) is 10.5 Å². The molecule has 0 amide bonds. The summed E-state index contributed by atoms with van der Waals surface area (Å²) in [6.45, 7) is 2.15. The van der Waals surface area contributed by atoms with Crippen LogP contribution in [0.5, 0.6) is 0 Å². The van der Waals surface area contributed by atoms with Crippen molar-refractivity contribution in [1.82, 2.24) is 9.13 Å². The van der Waals surface area contributed by atoms with Crippen molar-refractivity contribution in [2.45, 2.75) is 18.9 Å². The van der Waals surface area contributed by atoms with E-state index in [0.29, 0.717) is 17.6 Å². The second-order valence-corrected chi connectivity index (χ2v) is 15.2. The van der Waals surface area contributed by atoms with Crippen molar-refractivity contribution >= 4 is 93.1 Å². The van der Waals surface area contributed by atoms with Gasteiger partial charge in [0.2, 0.25) is 0 Å². The Labute approximate surface area is 325 Å². The number of nitrogens with zero attached hydrogens (tertiary/aromatic N) is 4. The predicted octanol–water partition coefficient (Wildman–Crippen LogP) is 13.2. The summed E-state index contributed by atoms with van der Waals surface area (Å²) in [7, 11) is 0. The molecule has 1 unspecified atom stereocenters. The second kappa shape index (κ2) is 11.4. The number of rotatable bonds is 3. The molecule has 0 N–H and O–H groups in total. The number of fused-ring (bicyclic) bond motifs is 14. The summed E-state index contributed by atoms with van der Waals surface area (Å²) in [5.41, 5.74) is 10.3. The molecule has 0 bridgehead atoms. The van der Waals surface area contributed by atoms with Crippen LogP contribution in [0, 0.1) is 22.7 Å². The van der Waals surface area contributed by atoms with Crippen LogP contribution < -0.4 is 0 Å². The number of allylic oxidation sites excluding steroid dienone is 4. The van der Waals surface area contributed by atoms with Crippen molar-refractivity contribution in [3.05, 3.63) is 168 Å². The molecule has 0 spiro atoms. The number of aromatic nitrogens is 2. The van der Waals surface area contributed by atoms with Gasteiger partial charge in [-0.1, -0.05) is 91.0 Å². The topological polar surface area (TPSA) is 83.7 Å². The first-order valence-electron chi connectivity index (χ1n) is 19.1. The average Bonchev–Trinajstić information content (AvgIpc) is 4.01. The fourth-order valence-electron chi connectivity index (χ4n) is 9.69. The summed E-state index contributed by atoms with van der Waals surface area (Å²) in [4.78, 5) is 0. The van der Waals surface area contributed by atoms with E-state index in [1.165, 1.54) is 0 Å². The molecule has 1 aliphatic carbocycles. The van der Waals surface area contributed by atoms with E-state index in [4.69, 9.17) is 8.83 Å². The van der Waals surface area contributed by atoms with Gasteiger partial charge in [0.15, 0.2) is 0 Å². The second-order valence-electron chi connectivity index (χ2n) is 15.2. The standard InChI is InChI=1S/C51H30N4O2/c1-51(55-41-18-7-3-15-39(41)47-43(55)24-22-37-35-13-5-9-20-45(35)57-50(37)47)26-25-30(27-32(51)29-53)33-16-10-11-31(28-52)48(33)54-40-17-6-2-14-38(40)46-42(54)23-21-36-34-12-4-8-19-44(34)56-49(36)46/h2-25,27H,26H2,1H3. The zero-order valence-electron chi connectivity index (χ0n) is 30.7. The van der Waals surface area contributed by atoms with E-state index in [-0.39, 0.29) is 0 Å². The summed E-state index contributed by atoms with van der Waals surface area (Å²) in [6, 6.07) is 52.6. The smallest absolute Gasteiger partial charge is 0.145 e. The van der Waals surface area contributed by atoms with E-state index in [1.54, 1.807) is 0 Å². The summed E-state index contributed by atoms with van der Waals surface area (Å²) in [5.74, 6) is 0. The lowest BCUT2D eigenvalue weighted by Crippen LogP contribution is -2.33. The van der Waals surface area contributed by atoms with E-state index in [0.717, 1.165) is 104 Å². The SMILES string of the molecule is CC1(n2c3ccccc3c3c4oc5ccccc5c4ccc32)CC=C(c2cccc(C#N)c2-n2c3ccccc3c3c4oc5ccccc5c4ccc32)C=C1C#N. The van der Waals surface area contributed by atoms with E-state index < -0.39 is 5.54 Å². The molecule has 57 heavy (non-hydrogen) atoms. The third-order valence-electron chi connectivity index (χ3n) is 12.3. The Balaban J connectivity index is 1.08. The van der Waals surface area contributed by atoms with Crippen LogP contribution in [0.15, 0.2) is 166 Å². The third kappa shape index (κ3) is 4.11. The summed E-state index contributed by atoms with van der Waals surface area (Å²) >= 11 is 0. The van der Waals surface area contributed by atoms with Crippen LogP contribution in [0.4, 0.5) is 0 Å². The highest BCUT2D eigenvalue weighted by Gasteiger charge is 2.37.